The third-order valence-corrected chi connectivity index (χ3v) is 8.47. The van der Waals surface area contributed by atoms with Crippen LogP contribution in [0.4, 0.5) is 0 Å². The zero-order chi connectivity index (χ0) is 26.4. The molecule has 0 saturated heterocycles. The zero-order valence-corrected chi connectivity index (χ0v) is 27.5. The Labute approximate surface area is 243 Å². The second-order valence-corrected chi connectivity index (χ2v) is 13.2. The second kappa shape index (κ2) is 14.9. The maximum absolute atomic E-state index is 11.5. The summed E-state index contributed by atoms with van der Waals surface area (Å²) in [5, 5.41) is 0. The Morgan fingerprint density at radius 2 is 1.42 bits per heavy atom. The van der Waals surface area contributed by atoms with Gasteiger partial charge < -0.3 is 9.26 Å². The number of phosphoric ester groups is 1. The van der Waals surface area contributed by atoms with Crippen LogP contribution < -0.4 is 9.26 Å². The minimum atomic E-state index is -4.61. The van der Waals surface area contributed by atoms with Gasteiger partial charge in [-0.05, 0) is 87.8 Å². The molecule has 1 aliphatic rings. The number of ether oxygens (including phenoxy) is 1. The van der Waals surface area contributed by atoms with Gasteiger partial charge in [-0.25, -0.2) is 4.57 Å². The molecule has 0 amide bonds. The molecule has 1 heterocycles. The molecule has 3 unspecified atom stereocenters. The molecule has 0 aromatic heterocycles. The van der Waals surface area contributed by atoms with Crippen LogP contribution in [0.2, 0.25) is 0 Å². The molecule has 7 heteroatoms. The van der Waals surface area contributed by atoms with E-state index in [-0.39, 0.29) is 35.2 Å². The van der Waals surface area contributed by atoms with E-state index in [9.17, 15) is 14.4 Å². The Morgan fingerprint density at radius 1 is 0.889 bits per heavy atom. The van der Waals surface area contributed by atoms with E-state index < -0.39 is 7.82 Å². The molecule has 1 aliphatic heterocycles. The predicted molar refractivity (Wildman–Crippen MR) is 151 cm³/mol. The molecule has 1 radical (unpaired) electrons. The Hall–Kier alpha value is -0.0300. The maximum atomic E-state index is 11.5. The van der Waals surface area contributed by atoms with Crippen LogP contribution in [0, 0.1) is 38.5 Å². The van der Waals surface area contributed by atoms with Gasteiger partial charge in [0, 0.05) is 35.1 Å². The maximum Gasteiger partial charge on any atom is 0.524 e. The Kier molecular flexibility index (Phi) is 14.1. The Morgan fingerprint density at radius 3 is 1.94 bits per heavy atom. The van der Waals surface area contributed by atoms with E-state index in [2.05, 4.69) is 34.6 Å². The molecular formula is C29H51NaO5P. The molecule has 2 N–H and O–H groups in total. The fourth-order valence-electron chi connectivity index (χ4n) is 5.52. The van der Waals surface area contributed by atoms with Gasteiger partial charge in [0.05, 0.1) is 0 Å². The molecule has 2 rings (SSSR count). The van der Waals surface area contributed by atoms with Crippen LogP contribution in [0.3, 0.4) is 0 Å². The summed E-state index contributed by atoms with van der Waals surface area (Å²) in [6.45, 7) is 17.3. The molecular weight excluding hydrogens is 482 g/mol. The minimum Gasteiger partial charge on any atom is -0.487 e. The van der Waals surface area contributed by atoms with Crippen molar-refractivity contribution in [2.24, 2.45) is 17.8 Å². The normalized spacial score (nSPS) is 19.3. The number of hydrogen-bond acceptors (Lipinski definition) is 3. The monoisotopic (exact) mass is 533 g/mol. The first-order valence-corrected chi connectivity index (χ1v) is 15.3. The number of phosphoric acid groups is 1. The van der Waals surface area contributed by atoms with Crippen LogP contribution in [0.1, 0.15) is 121 Å². The van der Waals surface area contributed by atoms with Crippen LogP contribution in [-0.2, 0) is 11.0 Å². The first kappa shape index (κ1) is 34.0. The summed E-state index contributed by atoms with van der Waals surface area (Å²) in [5.41, 5.74) is 3.24. The van der Waals surface area contributed by atoms with Gasteiger partial charge in [0.25, 0.3) is 0 Å². The van der Waals surface area contributed by atoms with Crippen molar-refractivity contribution in [1.82, 2.24) is 0 Å². The topological polar surface area (TPSA) is 76.0 Å². The van der Waals surface area contributed by atoms with Gasteiger partial charge in [-0.2, -0.15) is 0 Å². The molecule has 0 aliphatic carbocycles. The summed E-state index contributed by atoms with van der Waals surface area (Å²) < 4.78 is 23.1. The summed E-state index contributed by atoms with van der Waals surface area (Å²) >= 11 is 0. The number of rotatable bonds is 14. The van der Waals surface area contributed by atoms with Crippen LogP contribution in [0.15, 0.2) is 0 Å². The first-order chi connectivity index (χ1) is 16.2. The van der Waals surface area contributed by atoms with Gasteiger partial charge in [-0.15, -0.1) is 0 Å². The summed E-state index contributed by atoms with van der Waals surface area (Å²) in [6.07, 6.45) is 13.3. The molecule has 0 spiro atoms. The summed E-state index contributed by atoms with van der Waals surface area (Å²) in [7, 11) is -4.61. The molecule has 1 aromatic rings. The van der Waals surface area contributed by atoms with E-state index in [0.29, 0.717) is 5.75 Å². The van der Waals surface area contributed by atoms with Gasteiger partial charge in [0.2, 0.25) is 0 Å². The van der Waals surface area contributed by atoms with Crippen molar-refractivity contribution in [1.29, 1.82) is 0 Å². The van der Waals surface area contributed by atoms with E-state index in [1.165, 1.54) is 44.9 Å². The van der Waals surface area contributed by atoms with E-state index >= 15 is 0 Å². The van der Waals surface area contributed by atoms with Gasteiger partial charge in [-0.3, -0.25) is 9.79 Å². The van der Waals surface area contributed by atoms with Crippen molar-refractivity contribution in [2.45, 2.75) is 132 Å². The fraction of sp³-hybridized carbons (Fsp3) is 0.793. The number of benzene rings is 1. The van der Waals surface area contributed by atoms with Crippen molar-refractivity contribution < 1.29 is 23.6 Å². The SMILES string of the molecule is Cc1c(C)c2c(c(C)c1OP(=O)(O)O)CCC(C)(CCCC(C)CCCC(C)CCCC(C)C)O2.[Na]. The summed E-state index contributed by atoms with van der Waals surface area (Å²) in [6, 6.07) is 0. The van der Waals surface area contributed by atoms with Crippen molar-refractivity contribution in [2.75, 3.05) is 0 Å². The van der Waals surface area contributed by atoms with Crippen LogP contribution in [0.25, 0.3) is 0 Å². The Balaban J connectivity index is 0.00000648. The molecule has 3 atom stereocenters. The van der Waals surface area contributed by atoms with Gasteiger partial charge in [0.1, 0.15) is 17.1 Å². The van der Waals surface area contributed by atoms with Gasteiger partial charge >= 0.3 is 7.82 Å². The largest absolute Gasteiger partial charge is 0.524 e. The molecule has 5 nitrogen and oxygen atoms in total. The van der Waals surface area contributed by atoms with E-state index in [1.807, 2.05) is 20.8 Å². The minimum absolute atomic E-state index is 0. The average Bonchev–Trinajstić information content (AvgIpc) is 2.74. The molecule has 0 bridgehead atoms. The Bertz CT molecular complexity index is 881. The van der Waals surface area contributed by atoms with Crippen molar-refractivity contribution in [3.8, 4) is 11.5 Å². The van der Waals surface area contributed by atoms with E-state index in [1.54, 1.807) is 0 Å². The molecule has 0 fully saturated rings. The van der Waals surface area contributed by atoms with E-state index in [0.717, 1.165) is 71.4 Å². The second-order valence-electron chi connectivity index (χ2n) is 12.0. The van der Waals surface area contributed by atoms with E-state index in [4.69, 9.17) is 9.26 Å². The van der Waals surface area contributed by atoms with Gasteiger partial charge in [0.15, 0.2) is 0 Å². The third-order valence-electron chi connectivity index (χ3n) is 8.05. The van der Waals surface area contributed by atoms with Crippen molar-refractivity contribution >= 4 is 37.4 Å². The summed E-state index contributed by atoms with van der Waals surface area (Å²) in [5.74, 6) is 3.59. The average molecular weight is 534 g/mol. The predicted octanol–water partition coefficient (Wildman–Crippen LogP) is 8.23. The molecule has 203 valence electrons. The van der Waals surface area contributed by atoms with Crippen LogP contribution in [-0.4, -0.2) is 44.9 Å². The first-order valence-electron chi connectivity index (χ1n) is 13.8. The van der Waals surface area contributed by atoms with Crippen LogP contribution >= 0.6 is 7.82 Å². The molecule has 0 saturated carbocycles. The summed E-state index contributed by atoms with van der Waals surface area (Å²) in [4.78, 5) is 18.7. The van der Waals surface area contributed by atoms with Crippen LogP contribution in [0.5, 0.6) is 11.5 Å². The molecule has 1 aromatic carbocycles. The van der Waals surface area contributed by atoms with Gasteiger partial charge in [-0.1, -0.05) is 72.6 Å². The standard InChI is InChI=1S/C29H51O5P.Na/c1-20(2)12-9-13-21(3)14-10-15-22(4)16-11-18-29(8)19-17-26-25(7)27(34-35(30,31)32)23(5)24(6)28(26)33-29;/h20-22H,9-19H2,1-8H3,(H2,30,31,32);. The number of hydrogen-bond donors (Lipinski definition) is 2. The fourth-order valence-corrected chi connectivity index (χ4v) is 6.03. The third kappa shape index (κ3) is 10.6. The van der Waals surface area contributed by atoms with Crippen molar-refractivity contribution in [3.05, 3.63) is 22.3 Å². The zero-order valence-electron chi connectivity index (χ0n) is 24.6. The smallest absolute Gasteiger partial charge is 0.487 e. The number of fused-ring (bicyclic) bond motifs is 1. The molecule has 36 heavy (non-hydrogen) atoms. The quantitative estimate of drug-likeness (QED) is 0.186. The van der Waals surface area contributed by atoms with Crippen molar-refractivity contribution in [3.63, 3.8) is 0 Å².